The van der Waals surface area contributed by atoms with E-state index in [1.54, 1.807) is 0 Å². The molecule has 0 amide bonds. The van der Waals surface area contributed by atoms with Crippen LogP contribution in [0.15, 0.2) is 0 Å². The van der Waals surface area contributed by atoms with Crippen molar-refractivity contribution in [2.75, 3.05) is 13.2 Å². The first kappa shape index (κ1) is 16.1. The predicted molar refractivity (Wildman–Crippen MR) is 79.9 cm³/mol. The third-order valence-electron chi connectivity index (χ3n) is 3.14. The molecule has 0 radical (unpaired) electrons. The van der Waals surface area contributed by atoms with Crippen LogP contribution < -0.4 is 15.3 Å². The Labute approximate surface area is 114 Å². The molecule has 4 nitrogen and oxygen atoms in total. The number of rotatable bonds is 9. The lowest BCUT2D eigenvalue weighted by Gasteiger charge is -2.23. The van der Waals surface area contributed by atoms with E-state index < -0.39 is 9.36 Å². The molecule has 0 saturated heterocycles. The topological polar surface area (TPSA) is 45.3 Å². The lowest BCUT2D eigenvalue weighted by atomic mass is 10.2. The van der Waals surface area contributed by atoms with Crippen molar-refractivity contribution >= 4 is 9.36 Å². The molecule has 0 atom stereocenters. The van der Waals surface area contributed by atoms with Gasteiger partial charge >= 0.3 is 9.36 Å². The van der Waals surface area contributed by atoms with Crippen LogP contribution in [0.2, 0.25) is 0 Å². The molecule has 0 aromatic carbocycles. The molecule has 0 unspecified atom stereocenters. The van der Waals surface area contributed by atoms with Crippen molar-refractivity contribution in [1.29, 1.82) is 0 Å². The fourth-order valence-corrected chi connectivity index (χ4v) is 4.17. The van der Waals surface area contributed by atoms with Gasteiger partial charge in [0, 0.05) is 19.2 Å². The van der Waals surface area contributed by atoms with Gasteiger partial charge in [-0.2, -0.15) is 0 Å². The first-order chi connectivity index (χ1) is 8.58. The minimum Gasteiger partial charge on any atom is -0.393 e. The molecule has 3 N–H and O–H groups in total. The van der Waals surface area contributed by atoms with Crippen LogP contribution in [-0.2, 0) is 4.43 Å². The summed E-state index contributed by atoms with van der Waals surface area (Å²) in [5, 5.41) is 3.59. The Hall–Kier alpha value is 0.0569. The molecule has 0 aliphatic heterocycles. The summed E-state index contributed by atoms with van der Waals surface area (Å²) >= 11 is 0. The molecule has 1 saturated carbocycles. The maximum Gasteiger partial charge on any atom is 0.335 e. The zero-order valence-corrected chi connectivity index (χ0v) is 13.6. The number of hydrogen-bond donors (Lipinski definition) is 3. The highest BCUT2D eigenvalue weighted by Gasteiger charge is 2.16. The molecule has 18 heavy (non-hydrogen) atoms. The lowest BCUT2D eigenvalue weighted by Crippen LogP contribution is -2.55. The summed E-state index contributed by atoms with van der Waals surface area (Å²) in [5.41, 5.74) is 0. The average molecular weight is 273 g/mol. The SMILES string of the molecule is CC(C)N[SiH](NC(C)C)OCCNC1CCCC1. The van der Waals surface area contributed by atoms with Gasteiger partial charge in [0.1, 0.15) is 0 Å². The fraction of sp³-hybridized carbons (Fsp3) is 1.00. The first-order valence-electron chi connectivity index (χ1n) is 7.45. The minimum atomic E-state index is -1.45. The largest absolute Gasteiger partial charge is 0.393 e. The zero-order chi connectivity index (χ0) is 13.4. The summed E-state index contributed by atoms with van der Waals surface area (Å²) < 4.78 is 5.98. The third kappa shape index (κ3) is 7.48. The Morgan fingerprint density at radius 1 is 1.06 bits per heavy atom. The van der Waals surface area contributed by atoms with Crippen molar-refractivity contribution in [3.05, 3.63) is 0 Å². The molecule has 0 aromatic rings. The van der Waals surface area contributed by atoms with Crippen LogP contribution in [-0.4, -0.2) is 40.6 Å². The highest BCUT2D eigenvalue weighted by Crippen LogP contribution is 2.17. The minimum absolute atomic E-state index is 0.482. The van der Waals surface area contributed by atoms with E-state index in [2.05, 4.69) is 43.0 Å². The molecule has 1 aliphatic carbocycles. The second-order valence-electron chi connectivity index (χ2n) is 5.83. The summed E-state index contributed by atoms with van der Waals surface area (Å²) in [5.74, 6) is 0. The molecule has 0 bridgehead atoms. The van der Waals surface area contributed by atoms with Gasteiger partial charge in [-0.15, -0.1) is 0 Å². The van der Waals surface area contributed by atoms with Gasteiger partial charge in [-0.05, 0) is 24.9 Å². The Kier molecular flexibility index (Phi) is 8.09. The molecule has 1 aliphatic rings. The summed E-state index contributed by atoms with van der Waals surface area (Å²) in [6, 6.07) is 1.70. The van der Waals surface area contributed by atoms with Crippen LogP contribution in [0, 0.1) is 0 Å². The number of nitrogens with one attached hydrogen (secondary N) is 3. The molecule has 0 heterocycles. The van der Waals surface area contributed by atoms with Crippen molar-refractivity contribution < 1.29 is 4.43 Å². The second-order valence-corrected chi connectivity index (χ2v) is 7.59. The van der Waals surface area contributed by atoms with E-state index in [-0.39, 0.29) is 0 Å². The van der Waals surface area contributed by atoms with Gasteiger partial charge < -0.3 is 19.7 Å². The lowest BCUT2D eigenvalue weighted by molar-refractivity contribution is 0.286. The Morgan fingerprint density at radius 3 is 2.11 bits per heavy atom. The fourth-order valence-electron chi connectivity index (χ4n) is 2.32. The standard InChI is InChI=1S/C13H31N3OSi/c1-11(2)15-18(16-12(3)4)17-10-9-14-13-7-5-6-8-13/h11-16,18H,5-10H2,1-4H3. The van der Waals surface area contributed by atoms with Crippen molar-refractivity contribution in [2.24, 2.45) is 0 Å². The van der Waals surface area contributed by atoms with Crippen LogP contribution in [0.1, 0.15) is 53.4 Å². The van der Waals surface area contributed by atoms with Gasteiger partial charge in [0.25, 0.3) is 0 Å². The Balaban J connectivity index is 2.11. The maximum atomic E-state index is 5.98. The van der Waals surface area contributed by atoms with Crippen molar-refractivity contribution in [2.45, 2.75) is 71.5 Å². The van der Waals surface area contributed by atoms with E-state index >= 15 is 0 Å². The van der Waals surface area contributed by atoms with E-state index in [4.69, 9.17) is 4.43 Å². The monoisotopic (exact) mass is 273 g/mol. The van der Waals surface area contributed by atoms with E-state index in [1.165, 1.54) is 25.7 Å². The van der Waals surface area contributed by atoms with Gasteiger partial charge in [-0.25, -0.2) is 0 Å². The molecule has 1 rings (SSSR count). The third-order valence-corrected chi connectivity index (χ3v) is 5.65. The summed E-state index contributed by atoms with van der Waals surface area (Å²) in [7, 11) is -1.45. The van der Waals surface area contributed by atoms with Crippen LogP contribution in [0.3, 0.4) is 0 Å². The normalized spacial score (nSPS) is 17.5. The van der Waals surface area contributed by atoms with Crippen LogP contribution in [0.5, 0.6) is 0 Å². The van der Waals surface area contributed by atoms with Crippen LogP contribution in [0.25, 0.3) is 0 Å². The summed E-state index contributed by atoms with van der Waals surface area (Å²) in [4.78, 5) is 7.03. The van der Waals surface area contributed by atoms with Crippen LogP contribution in [0.4, 0.5) is 0 Å². The highest BCUT2D eigenvalue weighted by molar-refractivity contribution is 6.46. The molecular formula is C13H31N3OSi. The molecule has 1 fully saturated rings. The molecule has 0 aromatic heterocycles. The number of hydrogen-bond acceptors (Lipinski definition) is 4. The van der Waals surface area contributed by atoms with Gasteiger partial charge in [-0.3, -0.25) is 0 Å². The van der Waals surface area contributed by atoms with Gasteiger partial charge in [0.15, 0.2) is 0 Å². The van der Waals surface area contributed by atoms with Crippen molar-refractivity contribution in [3.63, 3.8) is 0 Å². The summed E-state index contributed by atoms with van der Waals surface area (Å²) in [6.45, 7) is 10.5. The summed E-state index contributed by atoms with van der Waals surface area (Å²) in [6.07, 6.45) is 5.46. The second kappa shape index (κ2) is 9.04. The van der Waals surface area contributed by atoms with E-state index in [0.717, 1.165) is 19.2 Å². The molecular weight excluding hydrogens is 242 g/mol. The quantitative estimate of drug-likeness (QED) is 0.437. The van der Waals surface area contributed by atoms with Crippen molar-refractivity contribution in [3.8, 4) is 0 Å². The Morgan fingerprint density at radius 2 is 1.61 bits per heavy atom. The highest BCUT2D eigenvalue weighted by atomic mass is 28.3. The Bertz CT molecular complexity index is 198. The molecule has 5 heteroatoms. The van der Waals surface area contributed by atoms with Gasteiger partial charge in [0.05, 0.1) is 0 Å². The van der Waals surface area contributed by atoms with E-state index in [1.807, 2.05) is 0 Å². The maximum absolute atomic E-state index is 5.98. The van der Waals surface area contributed by atoms with E-state index in [0.29, 0.717) is 12.1 Å². The molecule has 0 spiro atoms. The van der Waals surface area contributed by atoms with Crippen LogP contribution >= 0.6 is 0 Å². The van der Waals surface area contributed by atoms with Gasteiger partial charge in [0.2, 0.25) is 0 Å². The van der Waals surface area contributed by atoms with E-state index in [9.17, 15) is 0 Å². The predicted octanol–water partition coefficient (Wildman–Crippen LogP) is 1.25. The average Bonchev–Trinajstić information content (AvgIpc) is 2.75. The first-order valence-corrected chi connectivity index (χ1v) is 9.07. The molecule has 108 valence electrons. The smallest absolute Gasteiger partial charge is 0.335 e. The zero-order valence-electron chi connectivity index (χ0n) is 12.5. The van der Waals surface area contributed by atoms with Gasteiger partial charge in [-0.1, -0.05) is 40.5 Å². The van der Waals surface area contributed by atoms with Crippen molar-refractivity contribution in [1.82, 2.24) is 15.3 Å².